The molecule has 31 atom stereocenters. The number of hydrogen-bond acceptors (Lipinski definition) is 35. The first-order valence-corrected chi connectivity index (χ1v) is 29.2. The van der Waals surface area contributed by atoms with E-state index in [1.165, 1.54) is 7.11 Å². The van der Waals surface area contributed by atoms with E-state index in [1.807, 2.05) is 0 Å². The molecule has 6 saturated heterocycles. The summed E-state index contributed by atoms with van der Waals surface area (Å²) in [6, 6.07) is -5.23. The Morgan fingerprint density at radius 1 is 0.505 bits per heavy atom. The van der Waals surface area contributed by atoms with Crippen LogP contribution in [0.15, 0.2) is 0 Å². The Balaban J connectivity index is 1.26. The largest absolute Gasteiger partial charge is 0.477 e. The number of carbonyl (C=O) groups is 5. The molecular weight excluding hydrogens is 1240 g/mol. The molecule has 21 N–H and O–H groups in total. The van der Waals surface area contributed by atoms with E-state index in [4.69, 9.17) is 56.8 Å². The summed E-state index contributed by atoms with van der Waals surface area (Å²) in [7, 11) is 1.21. The van der Waals surface area contributed by atoms with Crippen molar-refractivity contribution in [2.75, 3.05) is 53.4 Å². The van der Waals surface area contributed by atoms with Crippen LogP contribution < -0.4 is 16.0 Å². The van der Waals surface area contributed by atoms with E-state index in [1.54, 1.807) is 0 Å². The van der Waals surface area contributed by atoms with Crippen LogP contribution in [0.3, 0.4) is 0 Å². The van der Waals surface area contributed by atoms with E-state index in [0.717, 1.165) is 20.8 Å². The molecule has 0 spiro atoms. The lowest BCUT2D eigenvalue weighted by Gasteiger charge is -2.51. The molecule has 0 aromatic carbocycles. The van der Waals surface area contributed by atoms with E-state index < -0.39 is 265 Å². The second kappa shape index (κ2) is 34.2. The molecule has 3 amide bonds. The third-order valence-electron chi connectivity index (χ3n) is 16.1. The molecule has 0 bridgehead atoms. The van der Waals surface area contributed by atoms with Crippen LogP contribution in [0.25, 0.3) is 0 Å². The molecule has 39 nitrogen and oxygen atoms in total. The topological polar surface area (TPSA) is 606 Å². The minimum atomic E-state index is -3.00. The molecular formula is C52H87N3O36. The van der Waals surface area contributed by atoms with Gasteiger partial charge in [-0.25, -0.2) is 4.79 Å². The minimum Gasteiger partial charge on any atom is -0.477 e. The van der Waals surface area contributed by atoms with Gasteiger partial charge in [0.05, 0.1) is 58.9 Å². The molecule has 39 heteroatoms. The number of carboxylic acid groups (broad SMARTS) is 1. The number of aliphatic hydroxyl groups excluding tert-OH is 17. The number of rotatable bonds is 29. The average molecular weight is 1330 g/mol. The van der Waals surface area contributed by atoms with Crippen LogP contribution >= 0.6 is 0 Å². The van der Waals surface area contributed by atoms with Crippen LogP contribution in [0.1, 0.15) is 52.9 Å². The maximum atomic E-state index is 12.9. The zero-order valence-electron chi connectivity index (χ0n) is 49.7. The van der Waals surface area contributed by atoms with Gasteiger partial charge in [0.2, 0.25) is 17.7 Å². The molecule has 0 saturated carbocycles. The summed E-state index contributed by atoms with van der Waals surface area (Å²) in [6.45, 7) is -3.45. The molecule has 91 heavy (non-hydrogen) atoms. The van der Waals surface area contributed by atoms with Gasteiger partial charge in [-0.1, -0.05) is 6.42 Å². The first-order chi connectivity index (χ1) is 43.0. The van der Waals surface area contributed by atoms with E-state index in [9.17, 15) is 116 Å². The summed E-state index contributed by atoms with van der Waals surface area (Å²) in [4.78, 5) is 62.3. The third-order valence-corrected chi connectivity index (χ3v) is 16.1. The fourth-order valence-corrected chi connectivity index (χ4v) is 11.3. The van der Waals surface area contributed by atoms with Gasteiger partial charge in [0, 0.05) is 40.2 Å². The van der Waals surface area contributed by atoms with Crippen LogP contribution in [-0.2, 0) is 85.6 Å². The van der Waals surface area contributed by atoms with Crippen molar-refractivity contribution < 1.29 is 177 Å². The van der Waals surface area contributed by atoms with Gasteiger partial charge < -0.3 is 169 Å². The fraction of sp³-hybridized carbons (Fsp3) is 0.904. The summed E-state index contributed by atoms with van der Waals surface area (Å²) in [6.07, 6.45) is -53.0. The molecule has 0 unspecified atom stereocenters. The average Bonchev–Trinajstić information content (AvgIpc) is 1.17. The van der Waals surface area contributed by atoms with Gasteiger partial charge in [0.25, 0.3) is 5.79 Å². The SMILES string of the molecule is COC(=O)CCCCCO[C@@H]1O[C@H](CO)[C@H](O[C@@H]2O[C@H](CO)[C@@H](O[C@@H]3O[C@H](CO)[C@H](O)[C@H](O)[C@H]3O)[C@H](O)[C@H]2NC(C)=O)[C@H](O)[C@H]1O[C@@H]1O[C@H](CO)[C@@H](O[C@@H]2O[C@H](CO[C@]3(C(=O)O)C[C@H](O)[C@@H](NC(C)=O)[C@H]([C@H](O)[C@H](O)CO)O3)[C@H](O)[C@H](O)[C@H]2O)[C@H](O)[C@H]1NC(C)=O. The number of esters is 1. The number of unbranched alkanes of at least 4 members (excludes halogenated alkanes) is 2. The van der Waals surface area contributed by atoms with Crippen LogP contribution in [0.4, 0.5) is 0 Å². The predicted molar refractivity (Wildman–Crippen MR) is 285 cm³/mol. The maximum absolute atomic E-state index is 12.9. The quantitative estimate of drug-likeness (QED) is 0.0244. The highest BCUT2D eigenvalue weighted by Gasteiger charge is 2.60. The third kappa shape index (κ3) is 18.2. The van der Waals surface area contributed by atoms with Crippen molar-refractivity contribution in [1.29, 1.82) is 0 Å². The van der Waals surface area contributed by atoms with Crippen LogP contribution in [0, 0.1) is 0 Å². The number of carboxylic acids is 1. The lowest BCUT2D eigenvalue weighted by Crippen LogP contribution is -2.71. The molecule has 6 heterocycles. The zero-order chi connectivity index (χ0) is 67.5. The standard InChI is InChI=1S/C52H87N3O36/c1-17(61)53-28-20(64)10-52(51(77)78,91-44(28)31(67)21(65)11-56)81-16-26-33(69)37(73)39(75)49(86-26)89-42-24(14-59)84-47(30(35(42)71)55-19(3)63)90-45-40(76)43(25(15-60)85-50(45)80-9-7-5-6-8-27(66)79-4)87-46-29(54-18(2)62)34(70)41(23(13-58)83-46)88-48-38(74)36(72)32(68)22(12-57)82-48/h20-26,28-50,56-60,64-65,67-76H,5-16H2,1-4H3,(H,53,61)(H,54,62)(H,55,63)(H,77,78)/t20-,21+,22+,23+,24+,25+,26+,28+,29+,30+,31+,32-,33-,34+,35+,36-,37-,38+,39+,40-,41+,42+,43-,44+,45+,46-,47-,48-,49-,50+,52+/m0/s1. The summed E-state index contributed by atoms with van der Waals surface area (Å²) in [5.74, 6) is -8.01. The number of carbonyl (C=O) groups excluding carboxylic acids is 4. The molecule has 6 aliphatic rings. The Morgan fingerprint density at radius 3 is 1.40 bits per heavy atom. The number of methoxy groups -OCH3 is 1. The van der Waals surface area contributed by atoms with Gasteiger partial charge in [-0.05, 0) is 12.8 Å². The molecule has 6 aliphatic heterocycles. The smallest absolute Gasteiger partial charge is 0.364 e. The highest BCUT2D eigenvalue weighted by molar-refractivity contribution is 5.77. The van der Waals surface area contributed by atoms with Gasteiger partial charge in [0.1, 0.15) is 140 Å². The van der Waals surface area contributed by atoms with E-state index in [-0.39, 0.29) is 19.4 Å². The molecule has 0 radical (unpaired) electrons. The van der Waals surface area contributed by atoms with Crippen molar-refractivity contribution >= 4 is 29.7 Å². The highest BCUT2D eigenvalue weighted by atomic mass is 16.8. The van der Waals surface area contributed by atoms with E-state index in [2.05, 4.69) is 20.7 Å². The van der Waals surface area contributed by atoms with Gasteiger partial charge in [0.15, 0.2) is 31.5 Å². The summed E-state index contributed by atoms with van der Waals surface area (Å²) < 4.78 is 75.4. The van der Waals surface area contributed by atoms with Gasteiger partial charge in [-0.3, -0.25) is 19.2 Å². The summed E-state index contributed by atoms with van der Waals surface area (Å²) >= 11 is 0. The molecule has 0 aromatic heterocycles. The summed E-state index contributed by atoms with van der Waals surface area (Å²) in [5, 5.41) is 202. The number of nitrogens with one attached hydrogen (secondary N) is 3. The second-order valence-electron chi connectivity index (χ2n) is 22.7. The van der Waals surface area contributed by atoms with E-state index in [0.29, 0.717) is 12.8 Å². The Bertz CT molecular complexity index is 2320. The maximum Gasteiger partial charge on any atom is 0.364 e. The molecule has 6 fully saturated rings. The second-order valence-corrected chi connectivity index (χ2v) is 22.7. The van der Waals surface area contributed by atoms with Crippen molar-refractivity contribution in [2.24, 2.45) is 0 Å². The van der Waals surface area contributed by atoms with Crippen molar-refractivity contribution in [2.45, 2.75) is 243 Å². The number of aliphatic carboxylic acids is 1. The van der Waals surface area contributed by atoms with Gasteiger partial charge >= 0.3 is 11.9 Å². The number of ether oxygens (including phenoxy) is 13. The Hall–Kier alpha value is -3.81. The first kappa shape index (κ1) is 76.2. The summed E-state index contributed by atoms with van der Waals surface area (Å²) in [5.41, 5.74) is 0. The molecule has 6 rings (SSSR count). The van der Waals surface area contributed by atoms with Crippen molar-refractivity contribution in [3.63, 3.8) is 0 Å². The molecule has 0 aromatic rings. The van der Waals surface area contributed by atoms with Crippen LogP contribution in [0.2, 0.25) is 0 Å². The van der Waals surface area contributed by atoms with Crippen molar-refractivity contribution in [3.05, 3.63) is 0 Å². The normalized spacial score (nSPS) is 42.8. The van der Waals surface area contributed by atoms with Crippen LogP contribution in [-0.4, -0.2) is 365 Å². The van der Waals surface area contributed by atoms with E-state index >= 15 is 0 Å². The Kier molecular flexibility index (Phi) is 28.7. The van der Waals surface area contributed by atoms with Gasteiger partial charge in [-0.15, -0.1) is 0 Å². The first-order valence-electron chi connectivity index (χ1n) is 29.2. The monoisotopic (exact) mass is 1330 g/mol. The molecule has 526 valence electrons. The minimum absolute atomic E-state index is 0.0404. The number of aliphatic hydroxyl groups is 17. The molecule has 0 aliphatic carbocycles. The van der Waals surface area contributed by atoms with Crippen LogP contribution in [0.5, 0.6) is 0 Å². The fourth-order valence-electron chi connectivity index (χ4n) is 11.3. The number of amides is 3. The van der Waals surface area contributed by atoms with Gasteiger partial charge in [-0.2, -0.15) is 0 Å². The lowest BCUT2D eigenvalue weighted by atomic mass is 9.88. The highest BCUT2D eigenvalue weighted by Crippen LogP contribution is 2.39. The Labute approximate surface area is 518 Å². The Morgan fingerprint density at radius 2 is 0.934 bits per heavy atom. The predicted octanol–water partition coefficient (Wildman–Crippen LogP) is -12.7. The van der Waals surface area contributed by atoms with Crippen molar-refractivity contribution in [1.82, 2.24) is 16.0 Å². The lowest BCUT2D eigenvalue weighted by molar-refractivity contribution is -0.388. The zero-order valence-corrected chi connectivity index (χ0v) is 49.7. The number of hydrogen-bond donors (Lipinski definition) is 21. The van der Waals surface area contributed by atoms with Crippen molar-refractivity contribution in [3.8, 4) is 0 Å².